The molecular formula is C10H15BrN4O2. The van der Waals surface area contributed by atoms with Crippen molar-refractivity contribution in [3.05, 3.63) is 27.0 Å². The van der Waals surface area contributed by atoms with Gasteiger partial charge in [-0.1, -0.05) is 0 Å². The average molecular weight is 303 g/mol. The highest BCUT2D eigenvalue weighted by Gasteiger charge is 2.17. The van der Waals surface area contributed by atoms with E-state index in [1.54, 1.807) is 0 Å². The van der Waals surface area contributed by atoms with E-state index in [2.05, 4.69) is 26.2 Å². The third kappa shape index (κ3) is 3.64. The third-order valence-electron chi connectivity index (χ3n) is 2.53. The second-order valence-electron chi connectivity index (χ2n) is 3.97. The second-order valence-corrected chi connectivity index (χ2v) is 4.82. The van der Waals surface area contributed by atoms with Crippen LogP contribution in [0, 0.1) is 10.1 Å². The normalized spacial score (nSPS) is 12.5. The van der Waals surface area contributed by atoms with Gasteiger partial charge in [-0.05, 0) is 36.9 Å². The van der Waals surface area contributed by atoms with Gasteiger partial charge in [0.15, 0.2) is 0 Å². The third-order valence-corrected chi connectivity index (χ3v) is 3.13. The van der Waals surface area contributed by atoms with Crippen LogP contribution in [0.4, 0.5) is 11.4 Å². The van der Waals surface area contributed by atoms with Crippen molar-refractivity contribution in [3.63, 3.8) is 0 Å². The maximum atomic E-state index is 10.8. The Labute approximate surface area is 108 Å². The minimum absolute atomic E-state index is 0.0228. The summed E-state index contributed by atoms with van der Waals surface area (Å²) in [6.07, 6.45) is 2.78. The van der Waals surface area contributed by atoms with Crippen LogP contribution in [-0.2, 0) is 0 Å². The van der Waals surface area contributed by atoms with Gasteiger partial charge in [0.2, 0.25) is 0 Å². The molecule has 0 saturated carbocycles. The number of halogens is 1. The zero-order valence-electron chi connectivity index (χ0n) is 9.98. The van der Waals surface area contributed by atoms with Gasteiger partial charge in [0, 0.05) is 18.8 Å². The molecule has 1 unspecified atom stereocenters. The first-order valence-electron chi connectivity index (χ1n) is 5.11. The Morgan fingerprint density at radius 2 is 2.24 bits per heavy atom. The average Bonchev–Trinajstić information content (AvgIpc) is 2.26. The first kappa shape index (κ1) is 13.9. The Hall–Kier alpha value is -1.21. The molecule has 1 rings (SSSR count). The Morgan fingerprint density at radius 1 is 1.59 bits per heavy atom. The van der Waals surface area contributed by atoms with Crippen molar-refractivity contribution in [3.8, 4) is 0 Å². The Kier molecular flexibility index (Phi) is 4.83. The topological polar surface area (TPSA) is 71.3 Å². The molecule has 1 N–H and O–H groups in total. The Morgan fingerprint density at radius 3 is 2.76 bits per heavy atom. The van der Waals surface area contributed by atoms with Crippen molar-refractivity contribution < 1.29 is 4.92 Å². The zero-order valence-corrected chi connectivity index (χ0v) is 11.6. The summed E-state index contributed by atoms with van der Waals surface area (Å²) >= 11 is 3.26. The fraction of sp³-hybridized carbons (Fsp3) is 0.500. The fourth-order valence-corrected chi connectivity index (χ4v) is 1.63. The van der Waals surface area contributed by atoms with E-state index in [0.717, 1.165) is 0 Å². The van der Waals surface area contributed by atoms with Crippen LogP contribution in [0.1, 0.15) is 6.92 Å². The van der Waals surface area contributed by atoms with Crippen molar-refractivity contribution in [2.24, 2.45) is 0 Å². The van der Waals surface area contributed by atoms with Gasteiger partial charge in [-0.15, -0.1) is 0 Å². The van der Waals surface area contributed by atoms with Crippen molar-refractivity contribution in [1.29, 1.82) is 0 Å². The molecule has 17 heavy (non-hydrogen) atoms. The van der Waals surface area contributed by atoms with E-state index in [-0.39, 0.29) is 11.7 Å². The number of nitrogens with one attached hydrogen (secondary N) is 1. The van der Waals surface area contributed by atoms with E-state index in [1.807, 2.05) is 25.9 Å². The number of anilines is 1. The van der Waals surface area contributed by atoms with Gasteiger partial charge < -0.3 is 10.2 Å². The lowest BCUT2D eigenvalue weighted by Crippen LogP contribution is -2.31. The molecule has 7 heteroatoms. The molecule has 0 aromatic carbocycles. The van der Waals surface area contributed by atoms with Gasteiger partial charge in [-0.3, -0.25) is 15.1 Å². The van der Waals surface area contributed by atoms with Gasteiger partial charge in [0.1, 0.15) is 11.9 Å². The smallest absolute Gasteiger partial charge is 0.311 e. The van der Waals surface area contributed by atoms with E-state index in [1.165, 1.54) is 12.4 Å². The van der Waals surface area contributed by atoms with E-state index < -0.39 is 4.92 Å². The standard InChI is InChI=1S/C10H15BrN4O2/c1-7(14(2)3)4-13-10-8(11)5-12-6-9(10)15(16)17/h5-7H,4H2,1-3H3,(H,12,13). The molecule has 0 saturated heterocycles. The van der Waals surface area contributed by atoms with Gasteiger partial charge in [-0.25, -0.2) is 0 Å². The second kappa shape index (κ2) is 5.92. The van der Waals surface area contributed by atoms with Crippen LogP contribution in [0.15, 0.2) is 16.9 Å². The molecule has 94 valence electrons. The predicted octanol–water partition coefficient (Wildman–Crippen LogP) is 2.11. The van der Waals surface area contributed by atoms with Gasteiger partial charge in [-0.2, -0.15) is 0 Å². The highest BCUT2D eigenvalue weighted by atomic mass is 79.9. The zero-order chi connectivity index (χ0) is 13.0. The van der Waals surface area contributed by atoms with Crippen LogP contribution in [0.2, 0.25) is 0 Å². The maximum absolute atomic E-state index is 10.8. The molecule has 1 aromatic heterocycles. The highest BCUT2D eigenvalue weighted by Crippen LogP contribution is 2.30. The van der Waals surface area contributed by atoms with E-state index in [0.29, 0.717) is 16.7 Å². The van der Waals surface area contributed by atoms with Crippen LogP contribution in [0.3, 0.4) is 0 Å². The predicted molar refractivity (Wildman–Crippen MR) is 70.2 cm³/mol. The van der Waals surface area contributed by atoms with Crippen LogP contribution < -0.4 is 5.32 Å². The Balaban J connectivity index is 2.86. The van der Waals surface area contributed by atoms with Crippen LogP contribution in [-0.4, -0.2) is 41.5 Å². The summed E-state index contributed by atoms with van der Waals surface area (Å²) in [7, 11) is 3.92. The van der Waals surface area contributed by atoms with Gasteiger partial charge in [0.25, 0.3) is 0 Å². The molecule has 0 amide bonds. The summed E-state index contributed by atoms with van der Waals surface area (Å²) in [5.74, 6) is 0. The fourth-order valence-electron chi connectivity index (χ4n) is 1.17. The van der Waals surface area contributed by atoms with Crippen molar-refractivity contribution >= 4 is 27.3 Å². The van der Waals surface area contributed by atoms with E-state index in [9.17, 15) is 10.1 Å². The van der Waals surface area contributed by atoms with Gasteiger partial charge in [0.05, 0.1) is 9.40 Å². The number of hydrogen-bond acceptors (Lipinski definition) is 5. The summed E-state index contributed by atoms with van der Waals surface area (Å²) in [5.41, 5.74) is 0.448. The first-order valence-corrected chi connectivity index (χ1v) is 5.91. The number of nitro groups is 1. The molecule has 0 aliphatic carbocycles. The molecule has 1 atom stereocenters. The molecular weight excluding hydrogens is 288 g/mol. The number of aromatic nitrogens is 1. The van der Waals surface area contributed by atoms with Crippen LogP contribution >= 0.6 is 15.9 Å². The minimum atomic E-state index is -0.444. The van der Waals surface area contributed by atoms with E-state index >= 15 is 0 Å². The lowest BCUT2D eigenvalue weighted by molar-refractivity contribution is -0.384. The molecule has 1 heterocycles. The largest absolute Gasteiger partial charge is 0.377 e. The summed E-state index contributed by atoms with van der Waals surface area (Å²) in [4.78, 5) is 16.2. The summed E-state index contributed by atoms with van der Waals surface area (Å²) < 4.78 is 0.595. The van der Waals surface area contributed by atoms with Crippen molar-refractivity contribution in [2.75, 3.05) is 26.0 Å². The molecule has 0 aliphatic heterocycles. The molecule has 1 aromatic rings. The first-order chi connectivity index (χ1) is 7.93. The quantitative estimate of drug-likeness (QED) is 0.666. The van der Waals surface area contributed by atoms with Gasteiger partial charge >= 0.3 is 5.69 Å². The van der Waals surface area contributed by atoms with Crippen LogP contribution in [0.5, 0.6) is 0 Å². The number of nitrogens with zero attached hydrogens (tertiary/aromatic N) is 3. The summed E-state index contributed by atoms with van der Waals surface area (Å²) in [6, 6.07) is 0.273. The summed E-state index contributed by atoms with van der Waals surface area (Å²) in [5, 5.41) is 13.9. The van der Waals surface area contributed by atoms with Crippen molar-refractivity contribution in [2.45, 2.75) is 13.0 Å². The number of hydrogen-bond donors (Lipinski definition) is 1. The lowest BCUT2D eigenvalue weighted by atomic mass is 10.3. The highest BCUT2D eigenvalue weighted by molar-refractivity contribution is 9.10. The maximum Gasteiger partial charge on any atom is 0.311 e. The molecule has 0 spiro atoms. The van der Waals surface area contributed by atoms with E-state index in [4.69, 9.17) is 0 Å². The lowest BCUT2D eigenvalue weighted by Gasteiger charge is -2.20. The number of pyridine rings is 1. The molecule has 0 aliphatic rings. The number of rotatable bonds is 5. The number of likely N-dealkylation sites (N-methyl/N-ethyl adjacent to an activating group) is 1. The Bertz CT molecular complexity index is 411. The minimum Gasteiger partial charge on any atom is -0.377 e. The molecule has 0 radical (unpaired) electrons. The molecule has 0 bridgehead atoms. The van der Waals surface area contributed by atoms with Crippen LogP contribution in [0.25, 0.3) is 0 Å². The summed E-state index contributed by atoms with van der Waals surface area (Å²) in [6.45, 7) is 2.66. The monoisotopic (exact) mass is 302 g/mol. The molecule has 0 fully saturated rings. The SMILES string of the molecule is CC(CNc1c(Br)cncc1[N+](=O)[O-])N(C)C. The van der Waals surface area contributed by atoms with Crippen molar-refractivity contribution in [1.82, 2.24) is 9.88 Å². The molecule has 6 nitrogen and oxygen atoms in total.